The fourth-order valence-electron chi connectivity index (χ4n) is 2.62. The van der Waals surface area contributed by atoms with E-state index in [-0.39, 0.29) is 5.75 Å². The summed E-state index contributed by atoms with van der Waals surface area (Å²) in [6.07, 6.45) is 1.64. The molecule has 1 aromatic heterocycles. The number of aromatic amines is 1. The van der Waals surface area contributed by atoms with Gasteiger partial charge < -0.3 is 5.11 Å². The quantitative estimate of drug-likeness (QED) is 0.533. The van der Waals surface area contributed by atoms with Crippen LogP contribution in [0.3, 0.4) is 0 Å². The van der Waals surface area contributed by atoms with Crippen LogP contribution in [-0.2, 0) is 0 Å². The molecule has 5 nitrogen and oxygen atoms in total. The summed E-state index contributed by atoms with van der Waals surface area (Å²) in [5.74, 6) is 1.48. The number of phenolic OH excluding ortho intramolecular Hbond substituents is 1. The van der Waals surface area contributed by atoms with Gasteiger partial charge in [-0.25, -0.2) is 4.98 Å². The standard InChI is InChI=1S/C21H16N4O/c26-19-13-7-4-10-16(19)14-22-18-12-6-5-11-17(18)21-23-20(24-25-21)15-8-2-1-3-9-15/h1-14,26H,(H,23,24,25). The Kier molecular flexibility index (Phi) is 4.26. The minimum Gasteiger partial charge on any atom is -0.507 e. The molecule has 0 saturated carbocycles. The third-order valence-corrected chi connectivity index (χ3v) is 3.96. The first-order valence-corrected chi connectivity index (χ1v) is 8.20. The Labute approximate surface area is 150 Å². The number of nitrogens with one attached hydrogen (secondary N) is 1. The summed E-state index contributed by atoms with van der Waals surface area (Å²) < 4.78 is 0. The van der Waals surface area contributed by atoms with Crippen LogP contribution in [0.5, 0.6) is 5.75 Å². The molecule has 0 aliphatic heterocycles. The fraction of sp³-hybridized carbons (Fsp3) is 0. The van der Waals surface area contributed by atoms with Crippen molar-refractivity contribution < 1.29 is 5.11 Å². The van der Waals surface area contributed by atoms with Crippen molar-refractivity contribution in [3.05, 3.63) is 84.4 Å². The molecule has 4 rings (SSSR count). The number of para-hydroxylation sites is 2. The summed E-state index contributed by atoms with van der Waals surface area (Å²) in [6, 6.07) is 24.6. The van der Waals surface area contributed by atoms with Crippen molar-refractivity contribution >= 4 is 11.9 Å². The predicted octanol–water partition coefficient (Wildman–Crippen LogP) is 4.59. The lowest BCUT2D eigenvalue weighted by Gasteiger charge is -2.02. The molecule has 0 fully saturated rings. The molecule has 0 saturated heterocycles. The molecule has 0 aliphatic rings. The van der Waals surface area contributed by atoms with Crippen molar-refractivity contribution in [2.45, 2.75) is 0 Å². The number of hydrogen-bond acceptors (Lipinski definition) is 4. The molecule has 0 aliphatic carbocycles. The zero-order chi connectivity index (χ0) is 17.8. The number of aromatic hydroxyl groups is 1. The number of nitrogens with zero attached hydrogens (tertiary/aromatic N) is 3. The van der Waals surface area contributed by atoms with E-state index in [0.717, 1.165) is 16.8 Å². The van der Waals surface area contributed by atoms with Gasteiger partial charge in [-0.15, -0.1) is 0 Å². The van der Waals surface area contributed by atoms with Gasteiger partial charge in [0, 0.05) is 22.9 Å². The Balaban J connectivity index is 1.69. The summed E-state index contributed by atoms with van der Waals surface area (Å²) >= 11 is 0. The Morgan fingerprint density at radius 1 is 0.846 bits per heavy atom. The Hall–Kier alpha value is -3.73. The van der Waals surface area contributed by atoms with E-state index in [9.17, 15) is 5.11 Å². The summed E-state index contributed by atoms with van der Waals surface area (Å²) in [4.78, 5) is 9.12. The number of benzene rings is 3. The van der Waals surface area contributed by atoms with Gasteiger partial charge in [0.1, 0.15) is 5.75 Å². The first kappa shape index (κ1) is 15.8. The van der Waals surface area contributed by atoms with E-state index in [1.165, 1.54) is 0 Å². The smallest absolute Gasteiger partial charge is 0.181 e. The van der Waals surface area contributed by atoms with Crippen molar-refractivity contribution in [2.75, 3.05) is 0 Å². The van der Waals surface area contributed by atoms with Crippen molar-refractivity contribution in [3.63, 3.8) is 0 Å². The Morgan fingerprint density at radius 3 is 2.42 bits per heavy atom. The van der Waals surface area contributed by atoms with Gasteiger partial charge in [-0.3, -0.25) is 10.1 Å². The maximum absolute atomic E-state index is 9.88. The van der Waals surface area contributed by atoms with E-state index in [4.69, 9.17) is 0 Å². The van der Waals surface area contributed by atoms with Crippen LogP contribution in [0.2, 0.25) is 0 Å². The van der Waals surface area contributed by atoms with Crippen molar-refractivity contribution in [1.29, 1.82) is 0 Å². The lowest BCUT2D eigenvalue weighted by atomic mass is 10.1. The highest BCUT2D eigenvalue weighted by Crippen LogP contribution is 2.29. The molecule has 5 heteroatoms. The molecule has 0 amide bonds. The molecular formula is C21H16N4O. The minimum absolute atomic E-state index is 0.194. The van der Waals surface area contributed by atoms with Crippen LogP contribution in [0.25, 0.3) is 22.8 Å². The second-order valence-electron chi connectivity index (χ2n) is 5.71. The SMILES string of the molecule is Oc1ccccc1C=Nc1ccccc1-c1nc(-c2ccccc2)n[nH]1. The average molecular weight is 340 g/mol. The van der Waals surface area contributed by atoms with Gasteiger partial charge in [0.05, 0.1) is 5.69 Å². The molecule has 2 N–H and O–H groups in total. The zero-order valence-electron chi connectivity index (χ0n) is 13.9. The van der Waals surface area contributed by atoms with Gasteiger partial charge in [0.15, 0.2) is 11.6 Å². The van der Waals surface area contributed by atoms with E-state index >= 15 is 0 Å². The molecule has 0 spiro atoms. The van der Waals surface area contributed by atoms with E-state index < -0.39 is 0 Å². The number of phenols is 1. The number of rotatable bonds is 4. The van der Waals surface area contributed by atoms with Gasteiger partial charge in [-0.2, -0.15) is 5.10 Å². The predicted molar refractivity (Wildman–Crippen MR) is 103 cm³/mol. The molecule has 1 heterocycles. The van der Waals surface area contributed by atoms with Gasteiger partial charge in [-0.05, 0) is 24.3 Å². The van der Waals surface area contributed by atoms with Crippen LogP contribution in [-0.4, -0.2) is 26.5 Å². The fourth-order valence-corrected chi connectivity index (χ4v) is 2.62. The molecule has 4 aromatic rings. The maximum atomic E-state index is 9.88. The first-order chi connectivity index (χ1) is 12.8. The zero-order valence-corrected chi connectivity index (χ0v) is 13.9. The highest BCUT2D eigenvalue weighted by Gasteiger charge is 2.10. The second kappa shape index (κ2) is 7.03. The summed E-state index contributed by atoms with van der Waals surface area (Å²) in [5, 5.41) is 17.2. The Morgan fingerprint density at radius 2 is 1.58 bits per heavy atom. The van der Waals surface area contributed by atoms with Crippen molar-refractivity contribution in [2.24, 2.45) is 4.99 Å². The highest BCUT2D eigenvalue weighted by molar-refractivity contribution is 5.87. The molecule has 0 unspecified atom stereocenters. The lowest BCUT2D eigenvalue weighted by Crippen LogP contribution is -1.85. The molecule has 126 valence electrons. The maximum Gasteiger partial charge on any atom is 0.181 e. The summed E-state index contributed by atoms with van der Waals surface area (Å²) in [6.45, 7) is 0. The average Bonchev–Trinajstić information content (AvgIpc) is 3.18. The molecular weight excluding hydrogens is 324 g/mol. The van der Waals surface area contributed by atoms with Crippen molar-refractivity contribution in [3.8, 4) is 28.5 Å². The van der Waals surface area contributed by atoms with E-state index in [1.807, 2.05) is 66.7 Å². The molecule has 26 heavy (non-hydrogen) atoms. The number of hydrogen-bond donors (Lipinski definition) is 2. The largest absolute Gasteiger partial charge is 0.507 e. The number of H-pyrrole nitrogens is 1. The second-order valence-corrected chi connectivity index (χ2v) is 5.71. The van der Waals surface area contributed by atoms with Gasteiger partial charge in [0.25, 0.3) is 0 Å². The van der Waals surface area contributed by atoms with E-state index in [1.54, 1.807) is 18.3 Å². The lowest BCUT2D eigenvalue weighted by molar-refractivity contribution is 0.474. The van der Waals surface area contributed by atoms with Crippen LogP contribution in [0, 0.1) is 0 Å². The third-order valence-electron chi connectivity index (χ3n) is 3.96. The van der Waals surface area contributed by atoms with Gasteiger partial charge in [0.2, 0.25) is 0 Å². The first-order valence-electron chi connectivity index (χ1n) is 8.20. The number of aliphatic imine (C=N–C) groups is 1. The normalized spacial score (nSPS) is 11.1. The van der Waals surface area contributed by atoms with Crippen LogP contribution < -0.4 is 0 Å². The minimum atomic E-state index is 0.194. The monoisotopic (exact) mass is 340 g/mol. The number of aromatic nitrogens is 3. The van der Waals surface area contributed by atoms with E-state index in [0.29, 0.717) is 17.2 Å². The van der Waals surface area contributed by atoms with Crippen LogP contribution in [0.4, 0.5) is 5.69 Å². The van der Waals surface area contributed by atoms with Crippen molar-refractivity contribution in [1.82, 2.24) is 15.2 Å². The van der Waals surface area contributed by atoms with E-state index in [2.05, 4.69) is 20.2 Å². The summed E-state index contributed by atoms with van der Waals surface area (Å²) in [7, 11) is 0. The van der Waals surface area contributed by atoms with Crippen LogP contribution >= 0.6 is 0 Å². The van der Waals surface area contributed by atoms with Crippen LogP contribution in [0.1, 0.15) is 5.56 Å². The Bertz CT molecular complexity index is 1050. The van der Waals surface area contributed by atoms with Gasteiger partial charge >= 0.3 is 0 Å². The van der Waals surface area contributed by atoms with Crippen LogP contribution in [0.15, 0.2) is 83.9 Å². The third kappa shape index (κ3) is 3.23. The molecule has 0 radical (unpaired) electrons. The molecule has 0 bridgehead atoms. The summed E-state index contributed by atoms with van der Waals surface area (Å²) in [5.41, 5.74) is 3.19. The topological polar surface area (TPSA) is 74.2 Å². The van der Waals surface area contributed by atoms with Gasteiger partial charge in [-0.1, -0.05) is 54.6 Å². The molecule has 0 atom stereocenters. The molecule has 3 aromatic carbocycles. The highest BCUT2D eigenvalue weighted by atomic mass is 16.3.